The van der Waals surface area contributed by atoms with E-state index < -0.39 is 17.4 Å². The molecule has 0 bridgehead atoms. The first-order chi connectivity index (χ1) is 9.03. The Morgan fingerprint density at radius 1 is 1.37 bits per heavy atom. The Bertz CT molecular complexity index is 385. The minimum atomic E-state index is -1.11. The Morgan fingerprint density at radius 2 is 2.11 bits per heavy atom. The standard InChI is InChI=1S/C14H20O5/c1-3-4-9-19-13(17)14(7-5-6-12(14)16)8-10-18-11(2)15/h3-4H,5-10H2,1-2H3. The second-order valence-electron chi connectivity index (χ2n) is 4.62. The molecular formula is C14H20O5. The lowest BCUT2D eigenvalue weighted by molar-refractivity contribution is -0.161. The van der Waals surface area contributed by atoms with Crippen molar-refractivity contribution in [3.8, 4) is 0 Å². The van der Waals surface area contributed by atoms with Crippen LogP contribution < -0.4 is 0 Å². The highest BCUT2D eigenvalue weighted by Crippen LogP contribution is 2.39. The Balaban J connectivity index is 2.67. The Kier molecular flexibility index (Phi) is 5.73. The van der Waals surface area contributed by atoms with Gasteiger partial charge in [0.1, 0.15) is 17.8 Å². The van der Waals surface area contributed by atoms with E-state index in [0.717, 1.165) is 0 Å². The van der Waals surface area contributed by atoms with Crippen LogP contribution in [0.5, 0.6) is 0 Å². The lowest BCUT2D eigenvalue weighted by Gasteiger charge is -2.24. The Labute approximate surface area is 112 Å². The minimum absolute atomic E-state index is 0.0692. The number of rotatable bonds is 6. The summed E-state index contributed by atoms with van der Waals surface area (Å²) in [5.74, 6) is -1.02. The zero-order valence-corrected chi connectivity index (χ0v) is 11.4. The first-order valence-corrected chi connectivity index (χ1v) is 6.48. The molecule has 0 heterocycles. The zero-order valence-electron chi connectivity index (χ0n) is 11.4. The zero-order chi connectivity index (χ0) is 14.3. The van der Waals surface area contributed by atoms with Gasteiger partial charge in [-0.3, -0.25) is 14.4 Å². The molecule has 0 amide bonds. The lowest BCUT2D eigenvalue weighted by Crippen LogP contribution is -2.38. The molecule has 1 fully saturated rings. The van der Waals surface area contributed by atoms with Crippen LogP contribution in [0.1, 0.15) is 39.5 Å². The first kappa shape index (κ1) is 15.4. The van der Waals surface area contributed by atoms with Gasteiger partial charge in [0, 0.05) is 19.8 Å². The molecule has 106 valence electrons. The third-order valence-corrected chi connectivity index (χ3v) is 3.31. The SMILES string of the molecule is CC=CCOC(=O)C1(CCOC(C)=O)CCCC1=O. The quantitative estimate of drug-likeness (QED) is 0.417. The van der Waals surface area contributed by atoms with Crippen molar-refractivity contribution in [2.75, 3.05) is 13.2 Å². The van der Waals surface area contributed by atoms with Crippen molar-refractivity contribution in [2.24, 2.45) is 5.41 Å². The van der Waals surface area contributed by atoms with E-state index in [1.807, 2.05) is 6.92 Å². The van der Waals surface area contributed by atoms with Crippen LogP contribution >= 0.6 is 0 Å². The number of carbonyl (C=O) groups excluding carboxylic acids is 3. The number of hydrogen-bond donors (Lipinski definition) is 0. The van der Waals surface area contributed by atoms with Crippen molar-refractivity contribution in [1.82, 2.24) is 0 Å². The molecular weight excluding hydrogens is 248 g/mol. The van der Waals surface area contributed by atoms with Crippen LogP contribution in [0.15, 0.2) is 12.2 Å². The van der Waals surface area contributed by atoms with Crippen molar-refractivity contribution in [3.05, 3.63) is 12.2 Å². The number of allylic oxidation sites excluding steroid dienone is 1. The van der Waals surface area contributed by atoms with Gasteiger partial charge < -0.3 is 9.47 Å². The summed E-state index contributed by atoms with van der Waals surface area (Å²) in [6.07, 6.45) is 5.23. The van der Waals surface area contributed by atoms with Gasteiger partial charge in [-0.25, -0.2) is 0 Å². The van der Waals surface area contributed by atoms with E-state index in [0.29, 0.717) is 19.3 Å². The molecule has 0 aliphatic heterocycles. The summed E-state index contributed by atoms with van der Waals surface area (Å²) in [6, 6.07) is 0. The monoisotopic (exact) mass is 268 g/mol. The van der Waals surface area contributed by atoms with Crippen molar-refractivity contribution in [2.45, 2.75) is 39.5 Å². The summed E-state index contributed by atoms with van der Waals surface area (Å²) >= 11 is 0. The van der Waals surface area contributed by atoms with E-state index in [-0.39, 0.29) is 25.4 Å². The van der Waals surface area contributed by atoms with E-state index >= 15 is 0 Å². The van der Waals surface area contributed by atoms with Crippen LogP contribution in [0, 0.1) is 5.41 Å². The maximum atomic E-state index is 12.1. The molecule has 1 unspecified atom stereocenters. The summed E-state index contributed by atoms with van der Waals surface area (Å²) < 4.78 is 9.95. The molecule has 0 N–H and O–H groups in total. The number of ketones is 1. The Morgan fingerprint density at radius 3 is 2.63 bits per heavy atom. The molecule has 1 aliphatic rings. The molecule has 1 aliphatic carbocycles. The van der Waals surface area contributed by atoms with Crippen LogP contribution in [0.4, 0.5) is 0 Å². The molecule has 0 aromatic heterocycles. The fourth-order valence-electron chi connectivity index (χ4n) is 2.24. The molecule has 1 rings (SSSR count). The number of carbonyl (C=O) groups is 3. The van der Waals surface area contributed by atoms with E-state index in [2.05, 4.69) is 0 Å². The molecule has 1 saturated carbocycles. The first-order valence-electron chi connectivity index (χ1n) is 6.48. The van der Waals surface area contributed by atoms with Gasteiger partial charge in [0.15, 0.2) is 0 Å². The third kappa shape index (κ3) is 3.91. The van der Waals surface area contributed by atoms with E-state index in [4.69, 9.17) is 9.47 Å². The predicted octanol–water partition coefficient (Wildman–Crippen LogP) is 1.80. The van der Waals surface area contributed by atoms with Gasteiger partial charge in [-0.15, -0.1) is 0 Å². The maximum Gasteiger partial charge on any atom is 0.320 e. The van der Waals surface area contributed by atoms with Crippen LogP contribution in [0.3, 0.4) is 0 Å². The van der Waals surface area contributed by atoms with Crippen LogP contribution in [-0.2, 0) is 23.9 Å². The van der Waals surface area contributed by atoms with Gasteiger partial charge >= 0.3 is 11.9 Å². The number of ether oxygens (including phenoxy) is 2. The summed E-state index contributed by atoms with van der Waals surface area (Å²) in [6.45, 7) is 3.36. The Hall–Kier alpha value is -1.65. The van der Waals surface area contributed by atoms with Crippen molar-refractivity contribution < 1.29 is 23.9 Å². The minimum Gasteiger partial charge on any atom is -0.466 e. The number of esters is 2. The third-order valence-electron chi connectivity index (χ3n) is 3.31. The predicted molar refractivity (Wildman–Crippen MR) is 68.3 cm³/mol. The molecule has 0 radical (unpaired) electrons. The van der Waals surface area contributed by atoms with Crippen molar-refractivity contribution >= 4 is 17.7 Å². The second kappa shape index (κ2) is 7.07. The fourth-order valence-corrected chi connectivity index (χ4v) is 2.24. The maximum absolute atomic E-state index is 12.1. The molecule has 0 saturated heterocycles. The normalized spacial score (nSPS) is 22.7. The summed E-state index contributed by atoms with van der Waals surface area (Å²) in [7, 11) is 0. The van der Waals surface area contributed by atoms with Gasteiger partial charge in [-0.1, -0.05) is 12.2 Å². The highest BCUT2D eigenvalue weighted by molar-refractivity contribution is 6.05. The molecule has 5 nitrogen and oxygen atoms in total. The number of Topliss-reactive ketones (excluding diaryl/α,β-unsaturated/α-hetero) is 1. The molecule has 0 aromatic rings. The fraction of sp³-hybridized carbons (Fsp3) is 0.643. The van der Waals surface area contributed by atoms with Crippen LogP contribution in [-0.4, -0.2) is 30.9 Å². The second-order valence-corrected chi connectivity index (χ2v) is 4.62. The van der Waals surface area contributed by atoms with Crippen LogP contribution in [0.2, 0.25) is 0 Å². The smallest absolute Gasteiger partial charge is 0.320 e. The average molecular weight is 268 g/mol. The summed E-state index contributed by atoms with van der Waals surface area (Å²) in [4.78, 5) is 34.8. The highest BCUT2D eigenvalue weighted by atomic mass is 16.5. The largest absolute Gasteiger partial charge is 0.466 e. The van der Waals surface area contributed by atoms with Gasteiger partial charge in [0.2, 0.25) is 0 Å². The topological polar surface area (TPSA) is 69.7 Å². The molecule has 19 heavy (non-hydrogen) atoms. The van der Waals surface area contributed by atoms with E-state index in [9.17, 15) is 14.4 Å². The van der Waals surface area contributed by atoms with Crippen molar-refractivity contribution in [3.63, 3.8) is 0 Å². The molecule has 0 aromatic carbocycles. The summed E-state index contributed by atoms with van der Waals surface area (Å²) in [5, 5.41) is 0. The molecule has 5 heteroatoms. The van der Waals surface area contributed by atoms with Crippen LogP contribution in [0.25, 0.3) is 0 Å². The number of hydrogen-bond acceptors (Lipinski definition) is 5. The van der Waals surface area contributed by atoms with Gasteiger partial charge in [0.25, 0.3) is 0 Å². The van der Waals surface area contributed by atoms with Gasteiger partial charge in [0.05, 0.1) is 6.61 Å². The van der Waals surface area contributed by atoms with Gasteiger partial charge in [-0.2, -0.15) is 0 Å². The lowest BCUT2D eigenvalue weighted by atomic mass is 9.82. The summed E-state index contributed by atoms with van der Waals surface area (Å²) in [5.41, 5.74) is -1.11. The van der Waals surface area contributed by atoms with Gasteiger partial charge in [-0.05, 0) is 19.8 Å². The molecule has 1 atom stereocenters. The highest BCUT2D eigenvalue weighted by Gasteiger charge is 2.49. The van der Waals surface area contributed by atoms with E-state index in [1.165, 1.54) is 6.92 Å². The van der Waals surface area contributed by atoms with Crippen molar-refractivity contribution in [1.29, 1.82) is 0 Å². The molecule has 0 spiro atoms. The average Bonchev–Trinajstić information content (AvgIpc) is 2.72. The van der Waals surface area contributed by atoms with E-state index in [1.54, 1.807) is 12.2 Å².